The standard InChI is InChI=1S/C12H26N2O/c1-6-13-8-10(4)12(15)14-11(5)7-9(2)3/h9-11,13H,6-8H2,1-5H3,(H,14,15). The van der Waals surface area contributed by atoms with Crippen LogP contribution in [0, 0.1) is 11.8 Å². The molecule has 0 radical (unpaired) electrons. The fraction of sp³-hybridized carbons (Fsp3) is 0.917. The SMILES string of the molecule is CCNCC(C)C(=O)NC(C)CC(C)C. The van der Waals surface area contributed by atoms with Crippen LogP contribution in [-0.4, -0.2) is 25.0 Å². The van der Waals surface area contributed by atoms with Crippen LogP contribution in [-0.2, 0) is 4.79 Å². The third-order valence-electron chi connectivity index (χ3n) is 2.36. The first kappa shape index (κ1) is 14.4. The van der Waals surface area contributed by atoms with E-state index in [1.54, 1.807) is 0 Å². The maximum absolute atomic E-state index is 11.7. The summed E-state index contributed by atoms with van der Waals surface area (Å²) in [4.78, 5) is 11.7. The van der Waals surface area contributed by atoms with Crippen LogP contribution in [0.5, 0.6) is 0 Å². The van der Waals surface area contributed by atoms with Gasteiger partial charge in [0.05, 0.1) is 0 Å². The van der Waals surface area contributed by atoms with Crippen LogP contribution < -0.4 is 10.6 Å². The number of carbonyl (C=O) groups excluding carboxylic acids is 1. The van der Waals surface area contributed by atoms with E-state index in [1.165, 1.54) is 0 Å². The highest BCUT2D eigenvalue weighted by molar-refractivity contribution is 5.78. The molecule has 3 heteroatoms. The molecule has 0 aromatic heterocycles. The lowest BCUT2D eigenvalue weighted by molar-refractivity contribution is -0.125. The summed E-state index contributed by atoms with van der Waals surface area (Å²) in [7, 11) is 0. The van der Waals surface area contributed by atoms with Gasteiger partial charge in [-0.1, -0.05) is 27.7 Å². The van der Waals surface area contributed by atoms with Gasteiger partial charge in [0, 0.05) is 18.5 Å². The van der Waals surface area contributed by atoms with E-state index >= 15 is 0 Å². The van der Waals surface area contributed by atoms with Crippen LogP contribution in [0.15, 0.2) is 0 Å². The lowest BCUT2D eigenvalue weighted by Gasteiger charge is -2.19. The Labute approximate surface area is 94.0 Å². The maximum Gasteiger partial charge on any atom is 0.224 e. The molecule has 15 heavy (non-hydrogen) atoms. The quantitative estimate of drug-likeness (QED) is 0.678. The van der Waals surface area contributed by atoms with Crippen LogP contribution in [0.4, 0.5) is 0 Å². The lowest BCUT2D eigenvalue weighted by atomic mass is 10.0. The molecule has 0 aromatic rings. The van der Waals surface area contributed by atoms with E-state index in [-0.39, 0.29) is 17.9 Å². The molecule has 2 atom stereocenters. The van der Waals surface area contributed by atoms with E-state index in [9.17, 15) is 4.79 Å². The largest absolute Gasteiger partial charge is 0.353 e. The van der Waals surface area contributed by atoms with Gasteiger partial charge in [-0.15, -0.1) is 0 Å². The van der Waals surface area contributed by atoms with Gasteiger partial charge in [0.1, 0.15) is 0 Å². The van der Waals surface area contributed by atoms with Gasteiger partial charge in [-0.05, 0) is 25.8 Å². The second-order valence-electron chi connectivity index (χ2n) is 4.75. The van der Waals surface area contributed by atoms with Crippen molar-refractivity contribution in [2.75, 3.05) is 13.1 Å². The summed E-state index contributed by atoms with van der Waals surface area (Å²) in [6.45, 7) is 12.1. The van der Waals surface area contributed by atoms with E-state index in [0.29, 0.717) is 5.92 Å². The number of nitrogens with one attached hydrogen (secondary N) is 2. The first-order valence-corrected chi connectivity index (χ1v) is 5.98. The third-order valence-corrected chi connectivity index (χ3v) is 2.36. The van der Waals surface area contributed by atoms with Crippen molar-refractivity contribution in [3.8, 4) is 0 Å². The minimum Gasteiger partial charge on any atom is -0.353 e. The van der Waals surface area contributed by atoms with E-state index in [0.717, 1.165) is 19.5 Å². The Hall–Kier alpha value is -0.570. The van der Waals surface area contributed by atoms with Crippen molar-refractivity contribution in [3.05, 3.63) is 0 Å². The molecule has 3 nitrogen and oxygen atoms in total. The number of hydrogen-bond acceptors (Lipinski definition) is 2. The monoisotopic (exact) mass is 214 g/mol. The third kappa shape index (κ3) is 7.37. The van der Waals surface area contributed by atoms with Gasteiger partial charge in [-0.2, -0.15) is 0 Å². The fourth-order valence-electron chi connectivity index (χ4n) is 1.60. The van der Waals surface area contributed by atoms with E-state index in [1.807, 2.05) is 13.8 Å². The topological polar surface area (TPSA) is 41.1 Å². The molecule has 0 rings (SSSR count). The van der Waals surface area contributed by atoms with Crippen molar-refractivity contribution in [2.45, 2.75) is 47.1 Å². The fourth-order valence-corrected chi connectivity index (χ4v) is 1.60. The average molecular weight is 214 g/mol. The number of hydrogen-bond donors (Lipinski definition) is 2. The van der Waals surface area contributed by atoms with Crippen molar-refractivity contribution < 1.29 is 4.79 Å². The summed E-state index contributed by atoms with van der Waals surface area (Å²) in [6.07, 6.45) is 1.04. The molecule has 90 valence electrons. The highest BCUT2D eigenvalue weighted by Crippen LogP contribution is 2.04. The van der Waals surface area contributed by atoms with E-state index < -0.39 is 0 Å². The first-order chi connectivity index (χ1) is 6.97. The summed E-state index contributed by atoms with van der Waals surface area (Å²) in [5, 5.41) is 6.22. The van der Waals surface area contributed by atoms with Crippen molar-refractivity contribution >= 4 is 5.91 Å². The van der Waals surface area contributed by atoms with Crippen molar-refractivity contribution in [1.29, 1.82) is 0 Å². The smallest absolute Gasteiger partial charge is 0.224 e. The van der Waals surface area contributed by atoms with Crippen molar-refractivity contribution in [3.63, 3.8) is 0 Å². The van der Waals surface area contributed by atoms with E-state index in [2.05, 4.69) is 31.4 Å². The highest BCUT2D eigenvalue weighted by Gasteiger charge is 2.14. The van der Waals surface area contributed by atoms with Gasteiger partial charge in [0.25, 0.3) is 0 Å². The lowest BCUT2D eigenvalue weighted by Crippen LogP contribution is -2.40. The normalized spacial score (nSPS) is 15.1. The Morgan fingerprint density at radius 3 is 2.27 bits per heavy atom. The molecule has 0 aromatic carbocycles. The Bertz CT molecular complexity index is 180. The Morgan fingerprint density at radius 2 is 1.80 bits per heavy atom. The number of carbonyl (C=O) groups is 1. The molecule has 0 aliphatic heterocycles. The summed E-state index contributed by atoms with van der Waals surface area (Å²) in [6, 6.07) is 0.279. The van der Waals surface area contributed by atoms with Gasteiger partial charge in [0.2, 0.25) is 5.91 Å². The molecule has 0 saturated heterocycles. The van der Waals surface area contributed by atoms with Gasteiger partial charge >= 0.3 is 0 Å². The Kier molecular flexibility index (Phi) is 7.39. The predicted molar refractivity (Wildman–Crippen MR) is 64.8 cm³/mol. The van der Waals surface area contributed by atoms with Crippen LogP contribution in [0.2, 0.25) is 0 Å². The molecule has 1 amide bonds. The summed E-state index contributed by atoms with van der Waals surface area (Å²) in [5.41, 5.74) is 0. The zero-order chi connectivity index (χ0) is 11.8. The Morgan fingerprint density at radius 1 is 1.20 bits per heavy atom. The average Bonchev–Trinajstić information content (AvgIpc) is 2.12. The minimum atomic E-state index is 0.0552. The van der Waals surface area contributed by atoms with E-state index in [4.69, 9.17) is 0 Å². The molecule has 0 aliphatic carbocycles. The molecule has 2 N–H and O–H groups in total. The second kappa shape index (κ2) is 7.69. The van der Waals surface area contributed by atoms with Crippen molar-refractivity contribution in [2.24, 2.45) is 11.8 Å². The van der Waals surface area contributed by atoms with Crippen LogP contribution in [0.25, 0.3) is 0 Å². The predicted octanol–water partition coefficient (Wildman–Crippen LogP) is 1.78. The number of rotatable bonds is 7. The van der Waals surface area contributed by atoms with Gasteiger partial charge in [-0.3, -0.25) is 4.79 Å². The van der Waals surface area contributed by atoms with Crippen LogP contribution in [0.3, 0.4) is 0 Å². The van der Waals surface area contributed by atoms with Gasteiger partial charge < -0.3 is 10.6 Å². The molecular formula is C12H26N2O. The molecule has 0 bridgehead atoms. The molecular weight excluding hydrogens is 188 g/mol. The van der Waals surface area contributed by atoms with Crippen LogP contribution in [0.1, 0.15) is 41.0 Å². The summed E-state index contributed by atoms with van der Waals surface area (Å²) >= 11 is 0. The van der Waals surface area contributed by atoms with Gasteiger partial charge in [0.15, 0.2) is 0 Å². The minimum absolute atomic E-state index is 0.0552. The first-order valence-electron chi connectivity index (χ1n) is 5.98. The molecule has 0 aliphatic rings. The molecule has 0 heterocycles. The van der Waals surface area contributed by atoms with Crippen LogP contribution >= 0.6 is 0 Å². The second-order valence-corrected chi connectivity index (χ2v) is 4.75. The highest BCUT2D eigenvalue weighted by atomic mass is 16.1. The van der Waals surface area contributed by atoms with Gasteiger partial charge in [-0.25, -0.2) is 0 Å². The zero-order valence-corrected chi connectivity index (χ0v) is 10.8. The molecule has 2 unspecified atom stereocenters. The summed E-state index contributed by atoms with van der Waals surface area (Å²) in [5.74, 6) is 0.841. The maximum atomic E-state index is 11.7. The van der Waals surface area contributed by atoms with Crippen molar-refractivity contribution in [1.82, 2.24) is 10.6 Å². The molecule has 0 fully saturated rings. The number of amides is 1. The summed E-state index contributed by atoms with van der Waals surface area (Å²) < 4.78 is 0. The Balaban J connectivity index is 3.80. The molecule has 0 saturated carbocycles. The molecule has 0 spiro atoms. The zero-order valence-electron chi connectivity index (χ0n) is 10.8.